The normalized spacial score (nSPS) is 9.87. The lowest BCUT2D eigenvalue weighted by Gasteiger charge is -2.07. The van der Waals surface area contributed by atoms with E-state index < -0.39 is 0 Å². The number of benzene rings is 1. The van der Waals surface area contributed by atoms with Crippen LogP contribution in [0.15, 0.2) is 24.3 Å². The molecule has 0 saturated heterocycles. The van der Waals surface area contributed by atoms with E-state index in [9.17, 15) is 9.18 Å². The van der Waals surface area contributed by atoms with Gasteiger partial charge in [-0.3, -0.25) is 4.79 Å². The summed E-state index contributed by atoms with van der Waals surface area (Å²) in [6.45, 7) is 0.428. The summed E-state index contributed by atoms with van der Waals surface area (Å²) in [5, 5.41) is 0. The molecular weight excluding hydrogens is 217 g/mol. The number of hydrogen-bond acceptors (Lipinski definition) is 2. The Kier molecular flexibility index (Phi) is 6.13. The van der Waals surface area contributed by atoms with Crippen LogP contribution in [-0.2, 0) is 11.2 Å². The summed E-state index contributed by atoms with van der Waals surface area (Å²) in [4.78, 5) is 13.2. The smallest absolute Gasteiger partial charge is 0.151 e. The Hall–Kier alpha value is -0.930. The van der Waals surface area contributed by atoms with Gasteiger partial charge in [0.05, 0.1) is 6.54 Å². The van der Waals surface area contributed by atoms with E-state index in [-0.39, 0.29) is 24.0 Å². The highest BCUT2D eigenvalue weighted by atomic mass is 35.5. The van der Waals surface area contributed by atoms with Crippen molar-refractivity contribution in [2.75, 3.05) is 20.6 Å². The van der Waals surface area contributed by atoms with Crippen LogP contribution < -0.4 is 0 Å². The van der Waals surface area contributed by atoms with E-state index in [1.165, 1.54) is 12.1 Å². The maximum absolute atomic E-state index is 12.5. The van der Waals surface area contributed by atoms with Crippen LogP contribution in [0.25, 0.3) is 0 Å². The van der Waals surface area contributed by atoms with Crippen molar-refractivity contribution in [3.63, 3.8) is 0 Å². The summed E-state index contributed by atoms with van der Waals surface area (Å²) in [6, 6.07) is 6.03. The number of likely N-dealkylation sites (N-methyl/N-ethyl adjacent to an activating group) is 1. The van der Waals surface area contributed by atoms with E-state index >= 15 is 0 Å². The highest BCUT2D eigenvalue weighted by molar-refractivity contribution is 5.85. The van der Waals surface area contributed by atoms with Crippen molar-refractivity contribution in [2.45, 2.75) is 6.42 Å². The Morgan fingerprint density at radius 3 is 2.27 bits per heavy atom. The standard InChI is InChI=1S/C11H14FNO.ClH/c1-13(2)8-11(14)7-9-3-5-10(12)6-4-9;/h3-6H,7-8H2,1-2H3;1H. The molecule has 84 valence electrons. The molecule has 2 nitrogen and oxygen atoms in total. The highest BCUT2D eigenvalue weighted by Gasteiger charge is 2.04. The number of ketones is 1. The lowest BCUT2D eigenvalue weighted by molar-refractivity contribution is -0.119. The first-order valence-corrected chi connectivity index (χ1v) is 4.49. The minimum atomic E-state index is -0.270. The SMILES string of the molecule is CN(C)CC(=O)Cc1ccc(F)cc1.Cl. The summed E-state index contributed by atoms with van der Waals surface area (Å²) in [5.74, 6) is -0.129. The predicted octanol–water partition coefficient (Wildman–Crippen LogP) is 1.92. The lowest BCUT2D eigenvalue weighted by atomic mass is 10.1. The van der Waals surface area contributed by atoms with Gasteiger partial charge < -0.3 is 4.90 Å². The Morgan fingerprint density at radius 1 is 1.27 bits per heavy atom. The molecule has 0 spiro atoms. The predicted molar refractivity (Wildman–Crippen MR) is 60.9 cm³/mol. The molecule has 4 heteroatoms. The van der Waals surface area contributed by atoms with Crippen LogP contribution >= 0.6 is 12.4 Å². The Morgan fingerprint density at radius 2 is 1.80 bits per heavy atom. The zero-order valence-electron chi connectivity index (χ0n) is 8.87. The second kappa shape index (κ2) is 6.53. The zero-order valence-corrected chi connectivity index (χ0v) is 9.68. The number of Topliss-reactive ketones (excluding diaryl/α,β-unsaturated/α-hetero) is 1. The fourth-order valence-corrected chi connectivity index (χ4v) is 1.24. The van der Waals surface area contributed by atoms with Crippen molar-refractivity contribution in [1.29, 1.82) is 0 Å². The van der Waals surface area contributed by atoms with Crippen LogP contribution in [-0.4, -0.2) is 31.3 Å². The Labute approximate surface area is 95.5 Å². The van der Waals surface area contributed by atoms with E-state index in [1.54, 1.807) is 12.1 Å². The fraction of sp³-hybridized carbons (Fsp3) is 0.364. The maximum atomic E-state index is 12.5. The minimum absolute atomic E-state index is 0. The fourth-order valence-electron chi connectivity index (χ4n) is 1.24. The minimum Gasteiger partial charge on any atom is -0.302 e. The molecule has 0 aromatic heterocycles. The topological polar surface area (TPSA) is 20.3 Å². The van der Waals surface area contributed by atoms with Crippen LogP contribution in [0, 0.1) is 5.82 Å². The number of carbonyl (C=O) groups is 1. The molecule has 15 heavy (non-hydrogen) atoms. The van der Waals surface area contributed by atoms with Gasteiger partial charge in [-0.1, -0.05) is 12.1 Å². The molecule has 1 rings (SSSR count). The van der Waals surface area contributed by atoms with Gasteiger partial charge in [0, 0.05) is 6.42 Å². The van der Waals surface area contributed by atoms with Crippen molar-refractivity contribution >= 4 is 18.2 Å². The zero-order chi connectivity index (χ0) is 10.6. The molecule has 0 bridgehead atoms. The van der Waals surface area contributed by atoms with Crippen LogP contribution in [0.2, 0.25) is 0 Å². The third-order valence-electron chi connectivity index (χ3n) is 1.81. The van der Waals surface area contributed by atoms with E-state index in [0.29, 0.717) is 13.0 Å². The number of halogens is 2. The van der Waals surface area contributed by atoms with Crippen molar-refractivity contribution in [3.8, 4) is 0 Å². The second-order valence-electron chi connectivity index (χ2n) is 3.58. The van der Waals surface area contributed by atoms with Crippen molar-refractivity contribution in [2.24, 2.45) is 0 Å². The van der Waals surface area contributed by atoms with Gasteiger partial charge in [0.1, 0.15) is 5.82 Å². The van der Waals surface area contributed by atoms with Gasteiger partial charge in [0.2, 0.25) is 0 Å². The molecule has 0 amide bonds. The summed E-state index contributed by atoms with van der Waals surface area (Å²) in [5.41, 5.74) is 0.859. The molecule has 1 aromatic carbocycles. The molecular formula is C11H15ClFNO. The van der Waals surface area contributed by atoms with Crippen LogP contribution in [0.1, 0.15) is 5.56 Å². The van der Waals surface area contributed by atoms with Gasteiger partial charge in [-0.2, -0.15) is 0 Å². The monoisotopic (exact) mass is 231 g/mol. The van der Waals surface area contributed by atoms with Gasteiger partial charge in [-0.25, -0.2) is 4.39 Å². The highest BCUT2D eigenvalue weighted by Crippen LogP contribution is 2.03. The Balaban J connectivity index is 0.00000196. The third kappa shape index (κ3) is 5.50. The molecule has 0 atom stereocenters. The van der Waals surface area contributed by atoms with Crippen molar-refractivity contribution < 1.29 is 9.18 Å². The summed E-state index contributed by atoms with van der Waals surface area (Å²) in [7, 11) is 3.70. The van der Waals surface area contributed by atoms with Crippen molar-refractivity contribution in [3.05, 3.63) is 35.6 Å². The van der Waals surface area contributed by atoms with Crippen LogP contribution in [0.5, 0.6) is 0 Å². The average molecular weight is 232 g/mol. The van der Waals surface area contributed by atoms with E-state index in [0.717, 1.165) is 5.56 Å². The molecule has 0 heterocycles. The van der Waals surface area contributed by atoms with Gasteiger partial charge >= 0.3 is 0 Å². The molecule has 0 aliphatic heterocycles. The molecule has 0 aliphatic carbocycles. The average Bonchev–Trinajstić information content (AvgIpc) is 2.07. The molecule has 1 aromatic rings. The first-order chi connectivity index (χ1) is 6.58. The van der Waals surface area contributed by atoms with Gasteiger partial charge in [-0.15, -0.1) is 12.4 Å². The molecule has 0 unspecified atom stereocenters. The number of hydrogen-bond donors (Lipinski definition) is 0. The number of rotatable bonds is 4. The molecule has 0 fully saturated rings. The summed E-state index contributed by atoms with van der Waals surface area (Å²) in [6.07, 6.45) is 0.373. The Bertz CT molecular complexity index is 311. The van der Waals surface area contributed by atoms with E-state index in [4.69, 9.17) is 0 Å². The number of carbonyl (C=O) groups excluding carboxylic acids is 1. The van der Waals surface area contributed by atoms with Crippen LogP contribution in [0.3, 0.4) is 0 Å². The van der Waals surface area contributed by atoms with Crippen molar-refractivity contribution in [1.82, 2.24) is 4.90 Å². The molecule has 0 N–H and O–H groups in total. The molecule has 0 radical (unpaired) electrons. The summed E-state index contributed by atoms with van der Waals surface area (Å²) >= 11 is 0. The third-order valence-corrected chi connectivity index (χ3v) is 1.81. The second-order valence-corrected chi connectivity index (χ2v) is 3.58. The molecule has 0 aliphatic rings. The lowest BCUT2D eigenvalue weighted by Crippen LogP contribution is -2.22. The summed E-state index contributed by atoms with van der Waals surface area (Å²) < 4.78 is 12.5. The first kappa shape index (κ1) is 14.1. The van der Waals surface area contributed by atoms with E-state index in [1.807, 2.05) is 19.0 Å². The van der Waals surface area contributed by atoms with Crippen LogP contribution in [0.4, 0.5) is 4.39 Å². The van der Waals surface area contributed by atoms with Gasteiger partial charge in [0.25, 0.3) is 0 Å². The van der Waals surface area contributed by atoms with Gasteiger partial charge in [0.15, 0.2) is 5.78 Å². The van der Waals surface area contributed by atoms with Gasteiger partial charge in [-0.05, 0) is 31.8 Å². The number of nitrogens with zero attached hydrogens (tertiary/aromatic N) is 1. The van der Waals surface area contributed by atoms with E-state index in [2.05, 4.69) is 0 Å². The first-order valence-electron chi connectivity index (χ1n) is 4.49. The maximum Gasteiger partial charge on any atom is 0.151 e. The molecule has 0 saturated carbocycles. The largest absolute Gasteiger partial charge is 0.302 e. The quantitative estimate of drug-likeness (QED) is 0.789.